The molecule has 0 aliphatic heterocycles. The van der Waals surface area contributed by atoms with Gasteiger partial charge in [0, 0.05) is 15.7 Å². The summed E-state index contributed by atoms with van der Waals surface area (Å²) in [5.41, 5.74) is 7.12. The zero-order chi connectivity index (χ0) is 17.5. The van der Waals surface area contributed by atoms with Crippen LogP contribution in [-0.4, -0.2) is 9.78 Å². The van der Waals surface area contributed by atoms with Gasteiger partial charge in [-0.15, -0.1) is 0 Å². The second-order valence-corrected chi connectivity index (χ2v) is 8.19. The Kier molecular flexibility index (Phi) is 4.39. The quantitative estimate of drug-likeness (QED) is 0.514. The molecule has 0 spiro atoms. The van der Waals surface area contributed by atoms with Gasteiger partial charge in [-0.1, -0.05) is 67.0 Å². The van der Waals surface area contributed by atoms with Crippen molar-refractivity contribution in [1.82, 2.24) is 9.78 Å². The summed E-state index contributed by atoms with van der Waals surface area (Å²) in [7, 11) is 0. The molecular weight excluding hydrogens is 360 g/mol. The van der Waals surface area contributed by atoms with Crippen molar-refractivity contribution in [3.8, 4) is 16.8 Å². The number of halogens is 1. The molecule has 2 aromatic carbocycles. The molecule has 0 radical (unpaired) electrons. The zero-order valence-corrected chi connectivity index (χ0v) is 16.5. The number of benzene rings is 2. The van der Waals surface area contributed by atoms with E-state index in [-0.39, 0.29) is 5.41 Å². The van der Waals surface area contributed by atoms with Gasteiger partial charge < -0.3 is 0 Å². The second-order valence-electron chi connectivity index (χ2n) is 7.27. The SMILES string of the molecule is Cc1nn(-c2cc(Br)cc(C(C)(C)C)c2)c(C)c1-c1ccccc1. The summed E-state index contributed by atoms with van der Waals surface area (Å²) in [6.45, 7) is 10.9. The van der Waals surface area contributed by atoms with E-state index in [1.807, 2.05) is 6.07 Å². The predicted octanol–water partition coefficient (Wildman–Crippen LogP) is 6.22. The molecule has 0 unspecified atom stereocenters. The van der Waals surface area contributed by atoms with Gasteiger partial charge in [0.2, 0.25) is 0 Å². The van der Waals surface area contributed by atoms with Crippen LogP contribution in [0.25, 0.3) is 16.8 Å². The highest BCUT2D eigenvalue weighted by molar-refractivity contribution is 9.10. The van der Waals surface area contributed by atoms with Gasteiger partial charge in [0.1, 0.15) is 0 Å². The average Bonchev–Trinajstić information content (AvgIpc) is 2.81. The molecule has 0 saturated heterocycles. The van der Waals surface area contributed by atoms with Crippen molar-refractivity contribution in [3.63, 3.8) is 0 Å². The molecular formula is C21H23BrN2. The molecule has 124 valence electrons. The first-order valence-corrected chi connectivity index (χ1v) is 9.00. The Morgan fingerprint density at radius 3 is 2.25 bits per heavy atom. The maximum atomic E-state index is 4.82. The molecule has 0 atom stereocenters. The molecule has 0 fully saturated rings. The standard InChI is InChI=1S/C21H23BrN2/c1-14-20(16-9-7-6-8-10-16)15(2)24(23-14)19-12-17(21(3,4)5)11-18(22)13-19/h6-13H,1-5H3. The lowest BCUT2D eigenvalue weighted by Crippen LogP contribution is -2.12. The summed E-state index contributed by atoms with van der Waals surface area (Å²) in [6.07, 6.45) is 0. The van der Waals surface area contributed by atoms with E-state index in [1.54, 1.807) is 0 Å². The van der Waals surface area contributed by atoms with Gasteiger partial charge in [-0.2, -0.15) is 5.10 Å². The minimum absolute atomic E-state index is 0.0941. The smallest absolute Gasteiger partial charge is 0.0679 e. The van der Waals surface area contributed by atoms with E-state index >= 15 is 0 Å². The van der Waals surface area contributed by atoms with Gasteiger partial charge in [-0.25, -0.2) is 4.68 Å². The van der Waals surface area contributed by atoms with Crippen molar-refractivity contribution in [2.75, 3.05) is 0 Å². The molecule has 0 N–H and O–H groups in total. The predicted molar refractivity (Wildman–Crippen MR) is 105 cm³/mol. The number of hydrogen-bond donors (Lipinski definition) is 0. The third-order valence-corrected chi connectivity index (χ3v) is 4.80. The van der Waals surface area contributed by atoms with E-state index in [0.717, 1.165) is 21.5 Å². The lowest BCUT2D eigenvalue weighted by Gasteiger charge is -2.20. The summed E-state index contributed by atoms with van der Waals surface area (Å²) in [4.78, 5) is 0. The van der Waals surface area contributed by atoms with Gasteiger partial charge >= 0.3 is 0 Å². The Labute approximate surface area is 152 Å². The fraction of sp³-hybridized carbons (Fsp3) is 0.286. The van der Waals surface area contributed by atoms with Crippen molar-refractivity contribution in [1.29, 1.82) is 0 Å². The van der Waals surface area contributed by atoms with Gasteiger partial charge in [-0.05, 0) is 48.6 Å². The van der Waals surface area contributed by atoms with Crippen molar-refractivity contribution >= 4 is 15.9 Å². The molecule has 0 bridgehead atoms. The summed E-state index contributed by atoms with van der Waals surface area (Å²) in [6, 6.07) is 17.0. The molecule has 1 heterocycles. The Balaban J connectivity index is 2.17. The van der Waals surface area contributed by atoms with Crippen LogP contribution in [0.2, 0.25) is 0 Å². The van der Waals surface area contributed by atoms with Crippen LogP contribution < -0.4 is 0 Å². The highest BCUT2D eigenvalue weighted by Gasteiger charge is 2.18. The summed E-state index contributed by atoms with van der Waals surface area (Å²) >= 11 is 3.66. The van der Waals surface area contributed by atoms with E-state index in [0.29, 0.717) is 0 Å². The molecule has 0 aliphatic carbocycles. The minimum Gasteiger partial charge on any atom is -0.237 e. The van der Waals surface area contributed by atoms with Crippen LogP contribution in [0.1, 0.15) is 37.7 Å². The molecule has 1 aromatic heterocycles. The summed E-state index contributed by atoms with van der Waals surface area (Å²) in [5, 5.41) is 4.82. The van der Waals surface area contributed by atoms with Crippen molar-refractivity contribution in [3.05, 3.63) is 70.0 Å². The van der Waals surface area contributed by atoms with Crippen LogP contribution in [0.3, 0.4) is 0 Å². The lowest BCUT2D eigenvalue weighted by atomic mass is 9.87. The van der Waals surface area contributed by atoms with Crippen LogP contribution in [0, 0.1) is 13.8 Å². The lowest BCUT2D eigenvalue weighted by molar-refractivity contribution is 0.589. The van der Waals surface area contributed by atoms with Crippen LogP contribution in [-0.2, 0) is 5.41 Å². The molecule has 3 aromatic rings. The van der Waals surface area contributed by atoms with E-state index in [1.165, 1.54) is 16.7 Å². The monoisotopic (exact) mass is 382 g/mol. The highest BCUT2D eigenvalue weighted by Crippen LogP contribution is 2.32. The maximum Gasteiger partial charge on any atom is 0.0679 e. The van der Waals surface area contributed by atoms with Crippen LogP contribution in [0.15, 0.2) is 53.0 Å². The second kappa shape index (κ2) is 6.21. The molecule has 3 heteroatoms. The van der Waals surface area contributed by atoms with Crippen molar-refractivity contribution in [2.45, 2.75) is 40.0 Å². The van der Waals surface area contributed by atoms with Crippen LogP contribution >= 0.6 is 15.9 Å². The first-order valence-electron chi connectivity index (χ1n) is 8.20. The van der Waals surface area contributed by atoms with Gasteiger partial charge in [0.25, 0.3) is 0 Å². The van der Waals surface area contributed by atoms with Crippen LogP contribution in [0.5, 0.6) is 0 Å². The fourth-order valence-electron chi connectivity index (χ4n) is 3.05. The van der Waals surface area contributed by atoms with E-state index in [4.69, 9.17) is 5.10 Å². The summed E-state index contributed by atoms with van der Waals surface area (Å²) in [5.74, 6) is 0. The van der Waals surface area contributed by atoms with E-state index < -0.39 is 0 Å². The van der Waals surface area contributed by atoms with Gasteiger partial charge in [0.15, 0.2) is 0 Å². The third kappa shape index (κ3) is 3.18. The normalized spacial score (nSPS) is 11.8. The number of hydrogen-bond acceptors (Lipinski definition) is 1. The number of aryl methyl sites for hydroxylation is 1. The van der Waals surface area contributed by atoms with Crippen LogP contribution in [0.4, 0.5) is 0 Å². The molecule has 3 rings (SSSR count). The first kappa shape index (κ1) is 17.0. The maximum absolute atomic E-state index is 4.82. The molecule has 0 amide bonds. The largest absolute Gasteiger partial charge is 0.237 e. The van der Waals surface area contributed by atoms with Crippen molar-refractivity contribution < 1.29 is 0 Å². The molecule has 24 heavy (non-hydrogen) atoms. The molecule has 0 aliphatic rings. The minimum atomic E-state index is 0.0941. The Morgan fingerprint density at radius 2 is 1.62 bits per heavy atom. The van der Waals surface area contributed by atoms with E-state index in [9.17, 15) is 0 Å². The molecule has 2 nitrogen and oxygen atoms in total. The van der Waals surface area contributed by atoms with Crippen molar-refractivity contribution in [2.24, 2.45) is 0 Å². The Morgan fingerprint density at radius 1 is 0.958 bits per heavy atom. The Bertz CT molecular complexity index is 871. The van der Waals surface area contributed by atoms with Gasteiger partial charge in [-0.3, -0.25) is 0 Å². The topological polar surface area (TPSA) is 17.8 Å². The zero-order valence-electron chi connectivity index (χ0n) is 14.9. The number of rotatable bonds is 2. The number of aromatic nitrogens is 2. The third-order valence-electron chi connectivity index (χ3n) is 4.35. The Hall–Kier alpha value is -1.87. The average molecular weight is 383 g/mol. The highest BCUT2D eigenvalue weighted by atomic mass is 79.9. The number of nitrogens with zero attached hydrogens (tertiary/aromatic N) is 2. The summed E-state index contributed by atoms with van der Waals surface area (Å²) < 4.78 is 3.14. The van der Waals surface area contributed by atoms with E-state index in [2.05, 4.69) is 97.7 Å². The molecule has 0 saturated carbocycles. The first-order chi connectivity index (χ1) is 11.3. The fourth-order valence-corrected chi connectivity index (χ4v) is 3.53. The van der Waals surface area contributed by atoms with Gasteiger partial charge in [0.05, 0.1) is 11.4 Å².